The molecule has 0 aliphatic rings. The van der Waals surface area contributed by atoms with E-state index in [1.807, 2.05) is 30.5 Å². The minimum absolute atomic E-state index is 0.300. The molecule has 90 valence electrons. The van der Waals surface area contributed by atoms with Gasteiger partial charge in [-0.15, -0.1) is 11.3 Å². The predicted octanol–water partition coefficient (Wildman–Crippen LogP) is 3.90. The Morgan fingerprint density at radius 1 is 1.35 bits per heavy atom. The van der Waals surface area contributed by atoms with Gasteiger partial charge in [-0.1, -0.05) is 6.07 Å². The number of hydrogen-bond acceptors (Lipinski definition) is 3. The van der Waals surface area contributed by atoms with Gasteiger partial charge in [-0.05, 0) is 30.5 Å². The molecule has 0 radical (unpaired) electrons. The van der Waals surface area contributed by atoms with Gasteiger partial charge in [-0.3, -0.25) is 0 Å². The molecule has 2 nitrogen and oxygen atoms in total. The molecule has 0 amide bonds. The Kier molecular flexibility index (Phi) is 3.98. The van der Waals surface area contributed by atoms with E-state index >= 15 is 0 Å². The van der Waals surface area contributed by atoms with Crippen LogP contribution in [0.15, 0.2) is 35.7 Å². The summed E-state index contributed by atoms with van der Waals surface area (Å²) in [5.41, 5.74) is 0.763. The van der Waals surface area contributed by atoms with E-state index in [1.54, 1.807) is 17.4 Å². The van der Waals surface area contributed by atoms with Crippen molar-refractivity contribution in [1.29, 1.82) is 0 Å². The zero-order valence-electron chi connectivity index (χ0n) is 9.57. The maximum absolute atomic E-state index is 13.5. The van der Waals surface area contributed by atoms with Crippen molar-refractivity contribution >= 4 is 17.0 Å². The molecule has 0 bridgehead atoms. The fourth-order valence-electron chi connectivity index (χ4n) is 1.49. The molecule has 1 aromatic heterocycles. The van der Waals surface area contributed by atoms with Crippen molar-refractivity contribution in [2.75, 3.05) is 11.9 Å². The molecule has 4 heteroatoms. The minimum atomic E-state index is -0.331. The van der Waals surface area contributed by atoms with Gasteiger partial charge in [-0.2, -0.15) is 0 Å². The highest BCUT2D eigenvalue weighted by atomic mass is 32.1. The molecule has 0 unspecified atom stereocenters. The van der Waals surface area contributed by atoms with E-state index in [0.717, 1.165) is 5.69 Å². The Morgan fingerprint density at radius 2 is 2.24 bits per heavy atom. The van der Waals surface area contributed by atoms with Crippen LogP contribution in [0.3, 0.4) is 0 Å². The number of ether oxygens (including phenoxy) is 1. The fraction of sp³-hybridized carbons (Fsp3) is 0.231. The van der Waals surface area contributed by atoms with Gasteiger partial charge < -0.3 is 10.1 Å². The first-order chi connectivity index (χ1) is 8.29. The van der Waals surface area contributed by atoms with Gasteiger partial charge in [0.25, 0.3) is 0 Å². The Balaban J connectivity index is 2.00. The van der Waals surface area contributed by atoms with Crippen LogP contribution >= 0.6 is 11.3 Å². The molecule has 0 saturated carbocycles. The van der Waals surface area contributed by atoms with E-state index in [4.69, 9.17) is 4.74 Å². The number of rotatable bonds is 5. The summed E-state index contributed by atoms with van der Waals surface area (Å²) in [6, 6.07) is 8.97. The Labute approximate surface area is 104 Å². The fourth-order valence-corrected chi connectivity index (χ4v) is 2.13. The lowest BCUT2D eigenvalue weighted by Gasteiger charge is -2.08. The smallest absolute Gasteiger partial charge is 0.167 e. The van der Waals surface area contributed by atoms with Crippen LogP contribution < -0.4 is 10.1 Å². The molecule has 0 aliphatic heterocycles. The first-order valence-electron chi connectivity index (χ1n) is 5.48. The lowest BCUT2D eigenvalue weighted by molar-refractivity contribution is 0.321. The second-order valence-electron chi connectivity index (χ2n) is 3.51. The van der Waals surface area contributed by atoms with Crippen molar-refractivity contribution in [3.05, 3.63) is 46.4 Å². The number of halogens is 1. The van der Waals surface area contributed by atoms with Crippen LogP contribution in [0.25, 0.3) is 0 Å². The first-order valence-corrected chi connectivity index (χ1v) is 6.36. The van der Waals surface area contributed by atoms with Gasteiger partial charge in [0.15, 0.2) is 11.6 Å². The largest absolute Gasteiger partial charge is 0.491 e. The highest BCUT2D eigenvalue weighted by Gasteiger charge is 2.04. The molecule has 0 aliphatic carbocycles. The average molecular weight is 251 g/mol. The zero-order valence-corrected chi connectivity index (χ0v) is 10.4. The van der Waals surface area contributed by atoms with Crippen LogP contribution in [0, 0.1) is 5.82 Å². The Morgan fingerprint density at radius 3 is 2.88 bits per heavy atom. The lowest BCUT2D eigenvalue weighted by atomic mass is 10.3. The summed E-state index contributed by atoms with van der Waals surface area (Å²) in [5.74, 6) is -0.0304. The van der Waals surface area contributed by atoms with E-state index in [9.17, 15) is 4.39 Å². The van der Waals surface area contributed by atoms with Crippen LogP contribution in [0.2, 0.25) is 0 Å². The molecule has 17 heavy (non-hydrogen) atoms. The summed E-state index contributed by atoms with van der Waals surface area (Å²) in [7, 11) is 0. The monoisotopic (exact) mass is 251 g/mol. The van der Waals surface area contributed by atoms with Crippen molar-refractivity contribution in [1.82, 2.24) is 0 Å². The van der Waals surface area contributed by atoms with Crippen LogP contribution in [-0.2, 0) is 6.54 Å². The van der Waals surface area contributed by atoms with Crippen molar-refractivity contribution in [3.8, 4) is 5.75 Å². The number of benzene rings is 1. The summed E-state index contributed by atoms with van der Waals surface area (Å²) in [6.07, 6.45) is 0. The lowest BCUT2D eigenvalue weighted by Crippen LogP contribution is -1.99. The highest BCUT2D eigenvalue weighted by molar-refractivity contribution is 7.09. The van der Waals surface area contributed by atoms with Gasteiger partial charge >= 0.3 is 0 Å². The highest BCUT2D eigenvalue weighted by Crippen LogP contribution is 2.22. The molecule has 0 fully saturated rings. The summed E-state index contributed by atoms with van der Waals surface area (Å²) in [6.45, 7) is 3.02. The molecule has 0 spiro atoms. The summed E-state index contributed by atoms with van der Waals surface area (Å²) < 4.78 is 18.7. The average Bonchev–Trinajstić information content (AvgIpc) is 2.83. The van der Waals surface area contributed by atoms with E-state index < -0.39 is 0 Å². The Hall–Kier alpha value is -1.55. The van der Waals surface area contributed by atoms with Gasteiger partial charge in [-0.25, -0.2) is 4.39 Å². The zero-order chi connectivity index (χ0) is 12.1. The molecule has 1 aromatic carbocycles. The maximum Gasteiger partial charge on any atom is 0.167 e. The molecule has 2 aromatic rings. The second kappa shape index (κ2) is 5.68. The third-order valence-corrected chi connectivity index (χ3v) is 3.15. The van der Waals surface area contributed by atoms with Gasteiger partial charge in [0, 0.05) is 23.2 Å². The van der Waals surface area contributed by atoms with Gasteiger partial charge in [0.2, 0.25) is 0 Å². The number of hydrogen-bond donors (Lipinski definition) is 1. The minimum Gasteiger partial charge on any atom is -0.491 e. The standard InChI is InChI=1S/C13H14FNOS/c1-2-16-13-6-5-10(8-12(13)14)15-9-11-4-3-7-17-11/h3-8,15H,2,9H2,1H3. The molecular weight excluding hydrogens is 237 g/mol. The number of nitrogens with one attached hydrogen (secondary N) is 1. The van der Waals surface area contributed by atoms with E-state index in [-0.39, 0.29) is 5.82 Å². The van der Waals surface area contributed by atoms with Gasteiger partial charge in [0.05, 0.1) is 6.61 Å². The third kappa shape index (κ3) is 3.20. The van der Waals surface area contributed by atoms with E-state index in [2.05, 4.69) is 5.32 Å². The quantitative estimate of drug-likeness (QED) is 0.870. The first kappa shape index (κ1) is 11.9. The van der Waals surface area contributed by atoms with Crippen molar-refractivity contribution in [2.24, 2.45) is 0 Å². The Bertz CT molecular complexity index is 470. The van der Waals surface area contributed by atoms with Crippen molar-refractivity contribution in [2.45, 2.75) is 13.5 Å². The molecule has 0 atom stereocenters. The topological polar surface area (TPSA) is 21.3 Å². The van der Waals surface area contributed by atoms with Crippen LogP contribution in [0.4, 0.5) is 10.1 Å². The SMILES string of the molecule is CCOc1ccc(NCc2cccs2)cc1F. The normalized spacial score (nSPS) is 10.2. The molecule has 1 N–H and O–H groups in total. The number of anilines is 1. The molecular formula is C13H14FNOS. The second-order valence-corrected chi connectivity index (χ2v) is 4.54. The van der Waals surface area contributed by atoms with Crippen LogP contribution in [0.5, 0.6) is 5.75 Å². The number of thiophene rings is 1. The summed E-state index contributed by atoms with van der Waals surface area (Å²) in [5, 5.41) is 5.20. The third-order valence-electron chi connectivity index (χ3n) is 2.28. The van der Waals surface area contributed by atoms with Gasteiger partial charge in [0.1, 0.15) is 0 Å². The summed E-state index contributed by atoms with van der Waals surface area (Å²) in [4.78, 5) is 1.22. The molecule has 1 heterocycles. The predicted molar refractivity (Wildman–Crippen MR) is 69.2 cm³/mol. The van der Waals surface area contributed by atoms with Crippen molar-refractivity contribution in [3.63, 3.8) is 0 Å². The van der Waals surface area contributed by atoms with Crippen LogP contribution in [-0.4, -0.2) is 6.61 Å². The maximum atomic E-state index is 13.5. The van der Waals surface area contributed by atoms with E-state index in [0.29, 0.717) is 18.9 Å². The summed E-state index contributed by atoms with van der Waals surface area (Å²) >= 11 is 1.68. The van der Waals surface area contributed by atoms with Crippen LogP contribution in [0.1, 0.15) is 11.8 Å². The van der Waals surface area contributed by atoms with Crippen molar-refractivity contribution < 1.29 is 9.13 Å². The molecule has 2 rings (SSSR count). The molecule has 0 saturated heterocycles. The van der Waals surface area contributed by atoms with E-state index in [1.165, 1.54) is 10.9 Å².